The monoisotopic (exact) mass is 1610 g/mol. The number of para-hydroxylation sites is 1. The molecule has 0 aliphatic carbocycles. The number of imidazole rings is 2. The SMILES string of the molecule is [B][P@]1(=O)OC[C@H]2O[C@@H](n3cnc4c(N)ncnc43)[C@H](F)[C@@H]2O[P@@](=O)(SCc2ccc(NC(=O)[C@H](C)NC(=O)[C@@H](NC(=O)CCCCCN3NNC4=C3c3ccccc3CN(C(=O)CCCCC(=O)NCCCCCCOP(C)(O)=S)c3ccccc34)C(C)C)cc2)OCC2O[C@@H](n3cnc4c(N)ncnc43)[C@H](F)[C@@H]2O1. The highest BCUT2D eigenvalue weighted by Gasteiger charge is 2.55. The van der Waals surface area contributed by atoms with Crippen LogP contribution in [0.4, 0.5) is 31.8 Å². The fourth-order valence-corrected chi connectivity index (χ4v) is 18.4. The number of fused-ring (bicyclic) bond motifs is 8. The third-order valence-electron chi connectivity index (χ3n) is 19.1. The number of nitrogens with zero attached hydrogens (tertiary/aromatic N) is 10. The molecule has 110 heavy (non-hydrogen) atoms. The molecule has 588 valence electrons. The van der Waals surface area contributed by atoms with E-state index < -0.39 is 107 Å². The molecule has 9 heterocycles. The maximum absolute atomic E-state index is 17.1. The van der Waals surface area contributed by atoms with Crippen LogP contribution in [0.5, 0.6) is 0 Å². The lowest BCUT2D eigenvalue weighted by atomic mass is 9.95. The quantitative estimate of drug-likeness (QED) is 0.0116. The van der Waals surface area contributed by atoms with E-state index in [9.17, 15) is 33.4 Å². The highest BCUT2D eigenvalue weighted by molar-refractivity contribution is 8.54. The summed E-state index contributed by atoms with van der Waals surface area (Å²) in [6, 6.07) is 20.1. The van der Waals surface area contributed by atoms with Gasteiger partial charge in [-0.2, -0.15) is 0 Å². The number of hydrogen-bond donors (Lipinski definition) is 9. The summed E-state index contributed by atoms with van der Waals surface area (Å²) in [6.07, 6.45) is -2.26. The number of unbranched alkanes of at least 4 members (excludes halogenated alkanes) is 6. The van der Waals surface area contributed by atoms with Crippen molar-refractivity contribution < 1.29 is 78.9 Å². The summed E-state index contributed by atoms with van der Waals surface area (Å²) in [5.41, 5.74) is 25.2. The van der Waals surface area contributed by atoms with Crippen molar-refractivity contribution >= 4 is 138 Å². The number of halogens is 2. The molecule has 41 heteroatoms. The van der Waals surface area contributed by atoms with Crippen LogP contribution in [0.1, 0.15) is 133 Å². The number of aromatic nitrogens is 8. The molecule has 12 rings (SSSR count). The molecule has 4 aromatic heterocycles. The molecule has 11 N–H and O–H groups in total. The molecular formula is C69H88BF2N18O15P3S2. The Morgan fingerprint density at radius 3 is 2.01 bits per heavy atom. The predicted molar refractivity (Wildman–Crippen MR) is 411 cm³/mol. The van der Waals surface area contributed by atoms with E-state index >= 15 is 13.3 Å². The zero-order chi connectivity index (χ0) is 78.0. The Balaban J connectivity index is 0.617. The summed E-state index contributed by atoms with van der Waals surface area (Å²) in [7, 11) is 1.31. The van der Waals surface area contributed by atoms with E-state index in [4.69, 9.17) is 62.9 Å². The highest BCUT2D eigenvalue weighted by atomic mass is 32.7. The first-order valence-electron chi connectivity index (χ1n) is 36.2. The first-order valence-corrected chi connectivity index (χ1v) is 44.0. The van der Waals surface area contributed by atoms with Gasteiger partial charge in [-0.1, -0.05) is 87.7 Å². The van der Waals surface area contributed by atoms with E-state index in [0.29, 0.717) is 87.4 Å². The van der Waals surface area contributed by atoms with Gasteiger partial charge in [0.15, 0.2) is 54.2 Å². The number of nitrogens with two attached hydrogens (primary N) is 2. The van der Waals surface area contributed by atoms with Gasteiger partial charge >= 0.3 is 6.80 Å². The molecule has 5 amide bonds. The first-order chi connectivity index (χ1) is 52.7. The Morgan fingerprint density at radius 2 is 1.34 bits per heavy atom. The van der Waals surface area contributed by atoms with Gasteiger partial charge in [-0.05, 0) is 104 Å². The summed E-state index contributed by atoms with van der Waals surface area (Å²) in [5.74, 6) is -2.05. The first kappa shape index (κ1) is 81.6. The summed E-state index contributed by atoms with van der Waals surface area (Å²) in [6.45, 7) is -0.363. The average molecular weight is 1620 g/mol. The second kappa shape index (κ2) is 36.3. The Kier molecular flexibility index (Phi) is 26.9. The number of carbonyl (C=O) groups excluding carboxylic acids is 5. The number of nitrogens with one attached hydrogen (secondary N) is 6. The lowest BCUT2D eigenvalue weighted by Crippen LogP contribution is -2.53. The van der Waals surface area contributed by atoms with Gasteiger partial charge in [-0.25, -0.2) is 43.2 Å². The molecule has 3 fully saturated rings. The Bertz CT molecular complexity index is 4670. The van der Waals surface area contributed by atoms with Crippen molar-refractivity contribution in [2.45, 2.75) is 171 Å². The van der Waals surface area contributed by atoms with E-state index in [-0.39, 0.29) is 76.2 Å². The number of rotatable bonds is 30. The minimum atomic E-state index is -4.76. The maximum atomic E-state index is 17.1. The molecule has 0 spiro atoms. The van der Waals surface area contributed by atoms with Crippen LogP contribution in [0.15, 0.2) is 98.1 Å². The molecule has 0 bridgehead atoms. The van der Waals surface area contributed by atoms with Crippen molar-refractivity contribution in [3.05, 3.63) is 120 Å². The Morgan fingerprint density at radius 1 is 0.736 bits per heavy atom. The lowest BCUT2D eigenvalue weighted by molar-refractivity contribution is -0.131. The van der Waals surface area contributed by atoms with E-state index in [0.717, 1.165) is 72.1 Å². The number of benzene rings is 3. The van der Waals surface area contributed by atoms with Crippen LogP contribution in [0.2, 0.25) is 0 Å². The van der Waals surface area contributed by atoms with Crippen molar-refractivity contribution in [2.24, 2.45) is 5.92 Å². The van der Waals surface area contributed by atoms with E-state index in [2.05, 4.69) is 62.1 Å². The van der Waals surface area contributed by atoms with Gasteiger partial charge < -0.3 is 71.0 Å². The topological polar surface area (TPSA) is 422 Å². The number of carbonyl (C=O) groups is 5. The zero-order valence-electron chi connectivity index (χ0n) is 60.8. The predicted octanol–water partition coefficient (Wildman–Crippen LogP) is 8.46. The smallest absolute Gasteiger partial charge is 0.382 e. The second-order valence-corrected chi connectivity index (χ2v) is 37.0. The van der Waals surface area contributed by atoms with E-state index in [1.54, 1.807) is 38.1 Å². The minimum absolute atomic E-state index is 0.00441. The van der Waals surface area contributed by atoms with Crippen molar-refractivity contribution in [1.29, 1.82) is 0 Å². The standard InChI is InChI=1S/C69H88BF2N18O15P3S2/c1-40(2)55(84-51(92)23-8-7-16-30-90-59-45-19-10-9-18-43(45)32-87(47-21-12-11-20-46(47)56(59)85-86-90)52(93)24-14-13-22-50(91)75-29-15-5-6-17-31-99-106(4,96)109)67(95)82-41(3)66(94)83-44-27-25-42(26-28-44)35-110-108(98)101-34-49-60(53(71)68(103-49)88-38-80-57-62(73)76-36-78-64(57)88)104-107(70,97)100-33-48-61(105-108)54(72)69(102-48)89-39-81-58-63(74)77-37-79-65(58)89/h9-12,18-21,25-28,36-41,48-49,53-55,60-61,68-69,85-86H,5-8,13-17,22-24,29-35H2,1-4H3,(H,75,91)(H,82,95)(H,83,94)(H,84,92)(H,96,109)(H2,73,76,78)(H2,74,77,79)/t41-,48+,49?,53+,54+,55-,60+,61+,68+,69+,106?,107-,108-/m0/s1. The second-order valence-electron chi connectivity index (χ2n) is 27.6. The Labute approximate surface area is 643 Å². The average Bonchev–Trinajstić information content (AvgIpc) is 1.51. The third-order valence-corrected chi connectivity index (χ3v) is 24.7. The van der Waals surface area contributed by atoms with Crippen molar-refractivity contribution in [3.8, 4) is 0 Å². The molecule has 13 atom stereocenters. The van der Waals surface area contributed by atoms with Crippen molar-refractivity contribution in [1.82, 2.24) is 71.0 Å². The van der Waals surface area contributed by atoms with E-state index in [1.165, 1.54) is 35.4 Å². The maximum Gasteiger partial charge on any atom is 0.389 e. The van der Waals surface area contributed by atoms with Crippen LogP contribution < -0.4 is 48.6 Å². The number of hydrogen-bond acceptors (Lipinski definition) is 27. The summed E-state index contributed by atoms with van der Waals surface area (Å²) < 4.78 is 106. The van der Waals surface area contributed by atoms with Crippen molar-refractivity contribution in [2.75, 3.05) is 61.3 Å². The van der Waals surface area contributed by atoms with Gasteiger partial charge in [-0.3, -0.25) is 51.7 Å². The van der Waals surface area contributed by atoms with E-state index in [1.807, 2.05) is 58.4 Å². The molecule has 33 nitrogen and oxygen atoms in total. The molecule has 3 saturated heterocycles. The largest absolute Gasteiger partial charge is 0.389 e. The molecular weight excluding hydrogens is 1530 g/mol. The molecule has 0 saturated carbocycles. The van der Waals surface area contributed by atoms with Gasteiger partial charge in [0.1, 0.15) is 60.2 Å². The zero-order valence-corrected chi connectivity index (χ0v) is 65.1. The van der Waals surface area contributed by atoms with Crippen molar-refractivity contribution in [3.63, 3.8) is 0 Å². The minimum Gasteiger partial charge on any atom is -0.382 e. The molecule has 3 aromatic carbocycles. The van der Waals surface area contributed by atoms with Crippen LogP contribution in [-0.2, 0) is 89.3 Å². The van der Waals surface area contributed by atoms with Gasteiger partial charge in [-0.15, -0.1) is 5.53 Å². The number of nitrogen functional groups attached to an aromatic ring is 2. The number of hydrazine groups is 2. The fraction of sp³-hybridized carbons (Fsp3) is 0.493. The van der Waals surface area contributed by atoms with Crippen LogP contribution >= 0.6 is 32.1 Å². The fourth-order valence-electron chi connectivity index (χ4n) is 13.4. The summed E-state index contributed by atoms with van der Waals surface area (Å²) in [5, 5.41) is 13.4. The number of amides is 5. The van der Waals surface area contributed by atoms with Crippen LogP contribution in [0.3, 0.4) is 0 Å². The molecule has 7 aromatic rings. The van der Waals surface area contributed by atoms with Gasteiger partial charge in [0, 0.05) is 61.6 Å². The highest BCUT2D eigenvalue weighted by Crippen LogP contribution is 2.65. The summed E-state index contributed by atoms with van der Waals surface area (Å²) in [4.78, 5) is 104. The van der Waals surface area contributed by atoms with Crippen LogP contribution in [0, 0.1) is 5.92 Å². The molecule has 2 radical (unpaired) electrons. The van der Waals surface area contributed by atoms with Crippen LogP contribution in [-0.4, -0.2) is 174 Å². The third kappa shape index (κ3) is 19.9. The number of anilines is 4. The normalized spacial score (nSPS) is 24.4. The molecule has 2 unspecified atom stereocenters. The number of ether oxygens (including phenoxy) is 2. The summed E-state index contributed by atoms with van der Waals surface area (Å²) >= 11 is 5.54. The van der Waals surface area contributed by atoms with Gasteiger partial charge in [0.25, 0.3) is 7.47 Å². The molecule has 5 aliphatic heterocycles. The lowest BCUT2D eigenvalue weighted by Gasteiger charge is -2.30. The molecule has 5 aliphatic rings. The van der Waals surface area contributed by atoms with Gasteiger partial charge in [0.05, 0.1) is 56.1 Å². The van der Waals surface area contributed by atoms with Gasteiger partial charge in [0.2, 0.25) is 37.1 Å². The van der Waals surface area contributed by atoms with Crippen LogP contribution in [0.25, 0.3) is 33.7 Å². The Hall–Kier alpha value is -7.93. The number of alkyl halides is 2.